The van der Waals surface area contributed by atoms with Crippen molar-refractivity contribution in [1.82, 2.24) is 9.97 Å². The summed E-state index contributed by atoms with van der Waals surface area (Å²) in [5, 5.41) is 7.05. The molecular weight excluding hydrogens is 348 g/mol. The molecule has 5 heteroatoms. The fourth-order valence-corrected chi connectivity index (χ4v) is 3.08. The number of hydrogen-bond donors (Lipinski definition) is 2. The van der Waals surface area contributed by atoms with Gasteiger partial charge in [0.1, 0.15) is 0 Å². The maximum atomic E-state index is 11.2. The van der Waals surface area contributed by atoms with Gasteiger partial charge in [-0.05, 0) is 42.8 Å². The number of benzene rings is 3. The van der Waals surface area contributed by atoms with Crippen molar-refractivity contribution in [1.29, 1.82) is 0 Å². The summed E-state index contributed by atoms with van der Waals surface area (Å²) in [5.41, 5.74) is 5.58. The van der Waals surface area contributed by atoms with Crippen LogP contribution in [-0.4, -0.2) is 15.9 Å². The molecule has 4 rings (SSSR count). The minimum atomic E-state index is -0.0959. The number of nitrogens with one attached hydrogen (secondary N) is 2. The molecule has 0 aliphatic carbocycles. The molecule has 2 N–H and O–H groups in total. The Morgan fingerprint density at radius 3 is 2.29 bits per heavy atom. The fraction of sp³-hybridized carbons (Fsp3) is 0.0870. The van der Waals surface area contributed by atoms with E-state index in [0.29, 0.717) is 5.95 Å². The summed E-state index contributed by atoms with van der Waals surface area (Å²) >= 11 is 0. The molecule has 0 atom stereocenters. The van der Waals surface area contributed by atoms with E-state index in [4.69, 9.17) is 9.97 Å². The zero-order valence-corrected chi connectivity index (χ0v) is 15.7. The monoisotopic (exact) mass is 368 g/mol. The number of aromatic nitrogens is 2. The lowest BCUT2D eigenvalue weighted by atomic mass is 10.1. The van der Waals surface area contributed by atoms with Crippen molar-refractivity contribution in [3.05, 3.63) is 78.4 Å². The standard InChI is InChI=1S/C23H20N4O/c1-15-8-13-20-21(14-15)26-23(27-22(20)17-6-4-3-5-7-17)25-19-11-9-18(10-12-19)24-16(2)28/h3-14H,1-2H3,(H,24,28)(H,25,26,27). The van der Waals surface area contributed by atoms with Gasteiger partial charge in [0, 0.05) is 29.2 Å². The van der Waals surface area contributed by atoms with E-state index in [1.54, 1.807) is 0 Å². The Balaban J connectivity index is 1.74. The van der Waals surface area contributed by atoms with Gasteiger partial charge in [-0.25, -0.2) is 9.97 Å². The maximum Gasteiger partial charge on any atom is 0.228 e. The van der Waals surface area contributed by atoms with Crippen molar-refractivity contribution in [2.75, 3.05) is 10.6 Å². The molecule has 1 amide bonds. The van der Waals surface area contributed by atoms with E-state index in [2.05, 4.69) is 35.8 Å². The predicted octanol–water partition coefficient (Wildman–Crippen LogP) is 5.31. The summed E-state index contributed by atoms with van der Waals surface area (Å²) in [6.07, 6.45) is 0. The van der Waals surface area contributed by atoms with E-state index in [0.717, 1.165) is 39.1 Å². The highest BCUT2D eigenvalue weighted by Gasteiger charge is 2.10. The van der Waals surface area contributed by atoms with Gasteiger partial charge >= 0.3 is 0 Å². The summed E-state index contributed by atoms with van der Waals surface area (Å²) < 4.78 is 0. The smallest absolute Gasteiger partial charge is 0.228 e. The first-order valence-corrected chi connectivity index (χ1v) is 9.07. The van der Waals surface area contributed by atoms with Crippen molar-refractivity contribution in [3.8, 4) is 11.3 Å². The highest BCUT2D eigenvalue weighted by atomic mass is 16.1. The van der Waals surface area contributed by atoms with E-state index < -0.39 is 0 Å². The topological polar surface area (TPSA) is 66.9 Å². The van der Waals surface area contributed by atoms with Gasteiger partial charge in [-0.2, -0.15) is 0 Å². The molecule has 0 aliphatic heterocycles. The van der Waals surface area contributed by atoms with Gasteiger partial charge in [0.15, 0.2) is 0 Å². The van der Waals surface area contributed by atoms with Gasteiger partial charge in [-0.3, -0.25) is 4.79 Å². The molecule has 0 fully saturated rings. The maximum absolute atomic E-state index is 11.2. The second kappa shape index (κ2) is 7.48. The Labute approximate surface area is 163 Å². The first-order chi connectivity index (χ1) is 13.6. The largest absolute Gasteiger partial charge is 0.326 e. The van der Waals surface area contributed by atoms with Crippen LogP contribution < -0.4 is 10.6 Å². The first-order valence-electron chi connectivity index (χ1n) is 9.07. The number of rotatable bonds is 4. The summed E-state index contributed by atoms with van der Waals surface area (Å²) in [4.78, 5) is 20.6. The van der Waals surface area contributed by atoms with Crippen LogP contribution in [0.15, 0.2) is 72.8 Å². The second-order valence-electron chi connectivity index (χ2n) is 6.67. The molecule has 5 nitrogen and oxygen atoms in total. The van der Waals surface area contributed by atoms with Crippen LogP contribution in [0, 0.1) is 6.92 Å². The van der Waals surface area contributed by atoms with Crippen LogP contribution in [0.4, 0.5) is 17.3 Å². The Morgan fingerprint density at radius 1 is 0.857 bits per heavy atom. The number of hydrogen-bond acceptors (Lipinski definition) is 4. The van der Waals surface area contributed by atoms with E-state index >= 15 is 0 Å². The zero-order chi connectivity index (χ0) is 19.5. The molecule has 0 bridgehead atoms. The SMILES string of the molecule is CC(=O)Nc1ccc(Nc2nc(-c3ccccc3)c3ccc(C)cc3n2)cc1. The molecule has 0 spiro atoms. The van der Waals surface area contributed by atoms with Crippen molar-refractivity contribution in [2.24, 2.45) is 0 Å². The van der Waals surface area contributed by atoms with Crippen molar-refractivity contribution in [2.45, 2.75) is 13.8 Å². The van der Waals surface area contributed by atoms with E-state index in [9.17, 15) is 4.79 Å². The number of carbonyl (C=O) groups is 1. The number of nitrogens with zero attached hydrogens (tertiary/aromatic N) is 2. The zero-order valence-electron chi connectivity index (χ0n) is 15.7. The van der Waals surface area contributed by atoms with Gasteiger partial charge in [0.25, 0.3) is 0 Å². The number of carbonyl (C=O) groups excluding carboxylic acids is 1. The molecule has 28 heavy (non-hydrogen) atoms. The lowest BCUT2D eigenvalue weighted by molar-refractivity contribution is -0.114. The van der Waals surface area contributed by atoms with Crippen LogP contribution >= 0.6 is 0 Å². The van der Waals surface area contributed by atoms with Crippen LogP contribution in [-0.2, 0) is 4.79 Å². The van der Waals surface area contributed by atoms with Gasteiger partial charge in [0.05, 0.1) is 11.2 Å². The van der Waals surface area contributed by atoms with E-state index in [1.165, 1.54) is 6.92 Å². The molecule has 3 aromatic carbocycles. The van der Waals surface area contributed by atoms with Crippen LogP contribution in [0.3, 0.4) is 0 Å². The molecular formula is C23H20N4O. The lowest BCUT2D eigenvalue weighted by Gasteiger charge is -2.11. The molecule has 0 aliphatic rings. The van der Waals surface area contributed by atoms with Gasteiger partial charge < -0.3 is 10.6 Å². The minimum absolute atomic E-state index is 0.0959. The molecule has 0 saturated carbocycles. The Hall–Kier alpha value is -3.73. The predicted molar refractivity (Wildman–Crippen MR) is 114 cm³/mol. The third kappa shape index (κ3) is 3.83. The summed E-state index contributed by atoms with van der Waals surface area (Å²) in [6.45, 7) is 3.54. The third-order valence-corrected chi connectivity index (χ3v) is 4.36. The van der Waals surface area contributed by atoms with Crippen molar-refractivity contribution in [3.63, 3.8) is 0 Å². The third-order valence-electron chi connectivity index (χ3n) is 4.36. The van der Waals surface area contributed by atoms with Gasteiger partial charge in [0.2, 0.25) is 11.9 Å². The molecule has 0 unspecified atom stereocenters. The van der Waals surface area contributed by atoms with Gasteiger partial charge in [-0.1, -0.05) is 42.5 Å². The number of fused-ring (bicyclic) bond motifs is 1. The highest BCUT2D eigenvalue weighted by molar-refractivity contribution is 5.93. The molecule has 0 radical (unpaired) electrons. The van der Waals surface area contributed by atoms with Gasteiger partial charge in [-0.15, -0.1) is 0 Å². The summed E-state index contributed by atoms with van der Waals surface area (Å²) in [6, 6.07) is 23.8. The highest BCUT2D eigenvalue weighted by Crippen LogP contribution is 2.29. The number of amides is 1. The van der Waals surface area contributed by atoms with E-state index in [-0.39, 0.29) is 5.91 Å². The van der Waals surface area contributed by atoms with Crippen LogP contribution in [0.2, 0.25) is 0 Å². The summed E-state index contributed by atoms with van der Waals surface area (Å²) in [7, 11) is 0. The minimum Gasteiger partial charge on any atom is -0.326 e. The molecule has 4 aromatic rings. The second-order valence-corrected chi connectivity index (χ2v) is 6.67. The van der Waals surface area contributed by atoms with Crippen LogP contribution in [0.1, 0.15) is 12.5 Å². The number of anilines is 3. The van der Waals surface area contributed by atoms with E-state index in [1.807, 2.05) is 54.6 Å². The normalized spacial score (nSPS) is 10.6. The first kappa shape index (κ1) is 17.7. The molecule has 1 aromatic heterocycles. The van der Waals surface area contributed by atoms with Crippen LogP contribution in [0.5, 0.6) is 0 Å². The Bertz CT molecular complexity index is 1140. The fourth-order valence-electron chi connectivity index (χ4n) is 3.08. The number of aryl methyl sites for hydroxylation is 1. The Kier molecular flexibility index (Phi) is 4.72. The molecule has 0 saturated heterocycles. The average molecular weight is 368 g/mol. The van der Waals surface area contributed by atoms with Crippen LogP contribution in [0.25, 0.3) is 22.2 Å². The quantitative estimate of drug-likeness (QED) is 0.512. The molecule has 138 valence electrons. The molecule has 1 heterocycles. The van der Waals surface area contributed by atoms with Crippen molar-refractivity contribution >= 4 is 34.1 Å². The summed E-state index contributed by atoms with van der Waals surface area (Å²) in [5.74, 6) is 0.436. The Morgan fingerprint density at radius 2 is 1.57 bits per heavy atom. The lowest BCUT2D eigenvalue weighted by Crippen LogP contribution is -2.05. The average Bonchev–Trinajstić information content (AvgIpc) is 2.69. The van der Waals surface area contributed by atoms with Crippen molar-refractivity contribution < 1.29 is 4.79 Å².